The van der Waals surface area contributed by atoms with Crippen LogP contribution in [0.5, 0.6) is 0 Å². The summed E-state index contributed by atoms with van der Waals surface area (Å²) in [5.74, 6) is 1.17. The number of nitrogen functional groups attached to an aromatic ring is 1. The molecule has 0 atom stereocenters. The van der Waals surface area contributed by atoms with Crippen LogP contribution in [-0.2, 0) is 6.42 Å². The molecule has 1 heterocycles. The lowest BCUT2D eigenvalue weighted by atomic mass is 9.98. The topological polar surface area (TPSA) is 54.7 Å². The van der Waals surface area contributed by atoms with Crippen LogP contribution in [0.25, 0.3) is 11.1 Å². The van der Waals surface area contributed by atoms with Gasteiger partial charge in [-0.2, -0.15) is 5.10 Å². The van der Waals surface area contributed by atoms with Crippen molar-refractivity contribution in [1.29, 1.82) is 0 Å². The number of aryl methyl sites for hydroxylation is 1. The zero-order chi connectivity index (χ0) is 12.4. The Morgan fingerprint density at radius 3 is 2.76 bits per heavy atom. The largest absolute Gasteiger partial charge is 0.382 e. The molecule has 2 rings (SSSR count). The molecule has 0 spiro atoms. The molecule has 0 aliphatic heterocycles. The molecule has 17 heavy (non-hydrogen) atoms. The third kappa shape index (κ3) is 2.49. The summed E-state index contributed by atoms with van der Waals surface area (Å²) in [6.07, 6.45) is 0.966. The van der Waals surface area contributed by atoms with E-state index in [9.17, 15) is 0 Å². The Labute approximate surface area is 102 Å². The van der Waals surface area contributed by atoms with Crippen molar-refractivity contribution < 1.29 is 0 Å². The molecule has 0 saturated heterocycles. The predicted octanol–water partition coefficient (Wildman–Crippen LogP) is 3.17. The van der Waals surface area contributed by atoms with Gasteiger partial charge in [-0.3, -0.25) is 5.10 Å². The minimum absolute atomic E-state index is 0.582. The number of hydrogen-bond donors (Lipinski definition) is 2. The number of aromatic nitrogens is 2. The van der Waals surface area contributed by atoms with Crippen LogP contribution in [0.1, 0.15) is 25.1 Å². The van der Waals surface area contributed by atoms with Gasteiger partial charge in [0.15, 0.2) is 5.82 Å². The van der Waals surface area contributed by atoms with Crippen molar-refractivity contribution in [1.82, 2.24) is 10.2 Å². The number of nitrogens with one attached hydrogen (secondary N) is 1. The summed E-state index contributed by atoms with van der Waals surface area (Å²) in [6, 6.07) is 8.36. The number of benzene rings is 1. The Balaban J connectivity index is 2.47. The molecule has 0 saturated carbocycles. The van der Waals surface area contributed by atoms with Crippen molar-refractivity contribution in [3.8, 4) is 11.1 Å². The Morgan fingerprint density at radius 1 is 1.35 bits per heavy atom. The van der Waals surface area contributed by atoms with Gasteiger partial charge < -0.3 is 5.73 Å². The summed E-state index contributed by atoms with van der Waals surface area (Å²) in [7, 11) is 0. The second-order valence-corrected chi connectivity index (χ2v) is 4.93. The van der Waals surface area contributed by atoms with Crippen molar-refractivity contribution in [2.24, 2.45) is 5.92 Å². The first-order chi connectivity index (χ1) is 8.08. The maximum absolute atomic E-state index is 5.96. The zero-order valence-electron chi connectivity index (χ0n) is 10.6. The molecule has 1 aromatic heterocycles. The maximum atomic E-state index is 5.96. The first-order valence-electron chi connectivity index (χ1n) is 5.97. The molecule has 3 heteroatoms. The highest BCUT2D eigenvalue weighted by Gasteiger charge is 2.13. The van der Waals surface area contributed by atoms with Gasteiger partial charge in [-0.05, 0) is 24.8 Å². The third-order valence-corrected chi connectivity index (χ3v) is 2.79. The van der Waals surface area contributed by atoms with E-state index >= 15 is 0 Å². The fourth-order valence-electron chi connectivity index (χ4n) is 2.07. The average molecular weight is 229 g/mol. The number of nitrogens with two attached hydrogens (primary N) is 1. The molecule has 0 amide bonds. The molecular weight excluding hydrogens is 210 g/mol. The zero-order valence-corrected chi connectivity index (χ0v) is 10.6. The van der Waals surface area contributed by atoms with Gasteiger partial charge in [-0.15, -0.1) is 0 Å². The van der Waals surface area contributed by atoms with Gasteiger partial charge in [-0.1, -0.05) is 43.7 Å². The van der Waals surface area contributed by atoms with Crippen molar-refractivity contribution in [3.05, 3.63) is 35.5 Å². The highest BCUT2D eigenvalue weighted by atomic mass is 15.2. The van der Waals surface area contributed by atoms with Crippen molar-refractivity contribution in [3.63, 3.8) is 0 Å². The van der Waals surface area contributed by atoms with Crippen LogP contribution in [0.3, 0.4) is 0 Å². The number of H-pyrrole nitrogens is 1. The summed E-state index contributed by atoms with van der Waals surface area (Å²) in [5.41, 5.74) is 10.5. The highest BCUT2D eigenvalue weighted by molar-refractivity contribution is 5.76. The van der Waals surface area contributed by atoms with Gasteiger partial charge in [0, 0.05) is 11.3 Å². The highest BCUT2D eigenvalue weighted by Crippen LogP contribution is 2.29. The lowest BCUT2D eigenvalue weighted by molar-refractivity contribution is 0.634. The van der Waals surface area contributed by atoms with E-state index in [0.717, 1.165) is 23.2 Å². The summed E-state index contributed by atoms with van der Waals surface area (Å²) in [6.45, 7) is 6.47. The van der Waals surface area contributed by atoms with Crippen LogP contribution in [0.15, 0.2) is 24.3 Å². The standard InChI is InChI=1S/C14H19N3/c1-9(2)7-12-13(14(15)17-16-12)11-6-4-5-10(3)8-11/h4-6,8-9H,7H2,1-3H3,(H3,15,16,17). The number of anilines is 1. The van der Waals surface area contributed by atoms with Crippen LogP contribution >= 0.6 is 0 Å². The minimum atomic E-state index is 0.582. The van der Waals surface area contributed by atoms with Crippen molar-refractivity contribution in [2.75, 3.05) is 5.73 Å². The summed E-state index contributed by atoms with van der Waals surface area (Å²) in [5, 5.41) is 7.18. The molecule has 2 aromatic rings. The number of rotatable bonds is 3. The van der Waals surface area contributed by atoms with Gasteiger partial charge >= 0.3 is 0 Å². The van der Waals surface area contributed by atoms with Gasteiger partial charge in [0.2, 0.25) is 0 Å². The predicted molar refractivity (Wildman–Crippen MR) is 71.7 cm³/mol. The molecule has 0 unspecified atom stereocenters. The van der Waals surface area contributed by atoms with E-state index in [-0.39, 0.29) is 0 Å². The monoisotopic (exact) mass is 229 g/mol. The second kappa shape index (κ2) is 4.62. The number of nitrogens with zero attached hydrogens (tertiary/aromatic N) is 1. The van der Waals surface area contributed by atoms with Crippen molar-refractivity contribution >= 4 is 5.82 Å². The quantitative estimate of drug-likeness (QED) is 0.849. The molecule has 3 nitrogen and oxygen atoms in total. The Hall–Kier alpha value is -1.77. The molecule has 0 bridgehead atoms. The molecular formula is C14H19N3. The normalized spacial score (nSPS) is 11.1. The lowest BCUT2D eigenvalue weighted by Crippen LogP contribution is -1.97. The van der Waals surface area contributed by atoms with Crippen LogP contribution in [0.4, 0.5) is 5.82 Å². The fraction of sp³-hybridized carbons (Fsp3) is 0.357. The lowest BCUT2D eigenvalue weighted by Gasteiger charge is -2.07. The van der Waals surface area contributed by atoms with Crippen molar-refractivity contribution in [2.45, 2.75) is 27.2 Å². The molecule has 0 aliphatic rings. The summed E-state index contributed by atoms with van der Waals surface area (Å²) in [4.78, 5) is 0. The van der Waals surface area contributed by atoms with Crippen LogP contribution < -0.4 is 5.73 Å². The van der Waals surface area contributed by atoms with Crippen LogP contribution in [0, 0.1) is 12.8 Å². The van der Waals surface area contributed by atoms with E-state index in [4.69, 9.17) is 5.73 Å². The Morgan fingerprint density at radius 2 is 2.12 bits per heavy atom. The van der Waals surface area contributed by atoms with E-state index in [1.54, 1.807) is 0 Å². The molecule has 3 N–H and O–H groups in total. The SMILES string of the molecule is Cc1cccc(-c2c(N)n[nH]c2CC(C)C)c1. The molecule has 90 valence electrons. The van der Waals surface area contributed by atoms with E-state index in [0.29, 0.717) is 11.7 Å². The Kier molecular flexibility index (Phi) is 3.18. The van der Waals surface area contributed by atoms with Crippen LogP contribution in [0.2, 0.25) is 0 Å². The first-order valence-corrected chi connectivity index (χ1v) is 5.97. The number of hydrogen-bond acceptors (Lipinski definition) is 2. The summed E-state index contributed by atoms with van der Waals surface area (Å²) >= 11 is 0. The second-order valence-electron chi connectivity index (χ2n) is 4.93. The van der Waals surface area contributed by atoms with Crippen LogP contribution in [-0.4, -0.2) is 10.2 Å². The molecule has 0 aliphatic carbocycles. The van der Waals surface area contributed by atoms with Gasteiger partial charge in [0.05, 0.1) is 0 Å². The third-order valence-electron chi connectivity index (χ3n) is 2.79. The van der Waals surface area contributed by atoms with E-state index < -0.39 is 0 Å². The molecule has 0 radical (unpaired) electrons. The molecule has 0 fully saturated rings. The van der Waals surface area contributed by atoms with E-state index in [1.165, 1.54) is 5.56 Å². The summed E-state index contributed by atoms with van der Waals surface area (Å²) < 4.78 is 0. The average Bonchev–Trinajstić information content (AvgIpc) is 2.59. The fourth-order valence-corrected chi connectivity index (χ4v) is 2.07. The van der Waals surface area contributed by atoms with E-state index in [1.807, 2.05) is 0 Å². The van der Waals surface area contributed by atoms with E-state index in [2.05, 4.69) is 55.2 Å². The van der Waals surface area contributed by atoms with Gasteiger partial charge in [0.1, 0.15) is 0 Å². The van der Waals surface area contributed by atoms with Gasteiger partial charge in [-0.25, -0.2) is 0 Å². The Bertz CT molecular complexity index is 512. The van der Waals surface area contributed by atoms with Gasteiger partial charge in [0.25, 0.3) is 0 Å². The molecule has 1 aromatic carbocycles. The minimum Gasteiger partial charge on any atom is -0.382 e. The smallest absolute Gasteiger partial charge is 0.153 e. The first kappa shape index (κ1) is 11.7. The number of aromatic amines is 1. The maximum Gasteiger partial charge on any atom is 0.153 e.